The van der Waals surface area contributed by atoms with Crippen LogP contribution >= 0.6 is 39.9 Å². The molecule has 2 N–H and O–H groups in total. The molecular weight excluding hydrogens is 391 g/mol. The van der Waals surface area contributed by atoms with Crippen molar-refractivity contribution in [1.29, 1.82) is 0 Å². The molecule has 0 saturated carbocycles. The Balaban J connectivity index is 0.00000200. The predicted molar refractivity (Wildman–Crippen MR) is 84.5 cm³/mol. The number of benzene rings is 1. The van der Waals surface area contributed by atoms with Gasteiger partial charge in [0, 0.05) is 17.1 Å². The van der Waals surface area contributed by atoms with Gasteiger partial charge in [0.25, 0.3) is 0 Å². The highest BCUT2D eigenvalue weighted by atomic mass is 79.9. The second kappa shape index (κ2) is 7.29. The fourth-order valence-corrected chi connectivity index (χ4v) is 4.53. The lowest BCUT2D eigenvalue weighted by atomic mass is 10.3. The Kier molecular flexibility index (Phi) is 6.56. The van der Waals surface area contributed by atoms with Gasteiger partial charge in [-0.15, -0.1) is 12.4 Å². The van der Waals surface area contributed by atoms with Crippen LogP contribution in [0.3, 0.4) is 0 Å². The van der Waals surface area contributed by atoms with Crippen molar-refractivity contribution in [1.82, 2.24) is 10.0 Å². The van der Waals surface area contributed by atoms with Crippen molar-refractivity contribution < 1.29 is 13.2 Å². The first-order valence-electron chi connectivity index (χ1n) is 5.70. The molecule has 1 saturated heterocycles. The minimum atomic E-state index is -3.60. The Hall–Kier alpha value is -0.0500. The molecule has 9 heteroatoms. The minimum Gasteiger partial charge on any atom is -0.495 e. The minimum absolute atomic E-state index is 0. The molecule has 5 nitrogen and oxygen atoms in total. The van der Waals surface area contributed by atoms with Gasteiger partial charge in [0.15, 0.2) is 0 Å². The van der Waals surface area contributed by atoms with Gasteiger partial charge in [0.2, 0.25) is 10.0 Å². The molecule has 0 radical (unpaired) electrons. The third-order valence-corrected chi connectivity index (χ3v) is 5.65. The van der Waals surface area contributed by atoms with Gasteiger partial charge in [-0.2, -0.15) is 0 Å². The summed E-state index contributed by atoms with van der Waals surface area (Å²) in [6.45, 7) is 1.46. The predicted octanol–water partition coefficient (Wildman–Crippen LogP) is 2.17. The van der Waals surface area contributed by atoms with Crippen molar-refractivity contribution in [2.24, 2.45) is 0 Å². The molecular formula is C11H15BrCl2N2O3S. The second-order valence-corrected chi connectivity index (χ2v) is 7.17. The van der Waals surface area contributed by atoms with Gasteiger partial charge in [0.05, 0.1) is 17.0 Å². The summed E-state index contributed by atoms with van der Waals surface area (Å²) in [5.74, 6) is 0.426. The summed E-state index contributed by atoms with van der Waals surface area (Å²) in [5.41, 5.74) is 0. The molecule has 2 rings (SSSR count). The SMILES string of the molecule is COc1cc(Br)c(S(=O)(=O)NC2CCNC2)cc1Cl.Cl. The molecule has 114 valence electrons. The van der Waals surface area contributed by atoms with Gasteiger partial charge < -0.3 is 10.1 Å². The van der Waals surface area contributed by atoms with Gasteiger partial charge in [-0.05, 0) is 41.0 Å². The molecule has 1 aromatic carbocycles. The first-order chi connectivity index (χ1) is 8.94. The highest BCUT2D eigenvalue weighted by Crippen LogP contribution is 2.33. The lowest BCUT2D eigenvalue weighted by molar-refractivity contribution is 0.414. The molecule has 1 atom stereocenters. The second-order valence-electron chi connectivity index (χ2n) is 4.23. The number of methoxy groups -OCH3 is 1. The molecule has 20 heavy (non-hydrogen) atoms. The van der Waals surface area contributed by atoms with Crippen LogP contribution < -0.4 is 14.8 Å². The van der Waals surface area contributed by atoms with Crippen molar-refractivity contribution in [2.75, 3.05) is 20.2 Å². The van der Waals surface area contributed by atoms with E-state index in [-0.39, 0.29) is 28.4 Å². The van der Waals surface area contributed by atoms with Crippen molar-refractivity contribution in [3.8, 4) is 5.75 Å². The number of sulfonamides is 1. The summed E-state index contributed by atoms with van der Waals surface area (Å²) in [7, 11) is -2.12. The zero-order valence-corrected chi connectivity index (χ0v) is 14.6. The van der Waals surface area contributed by atoms with E-state index >= 15 is 0 Å². The van der Waals surface area contributed by atoms with Crippen LogP contribution in [-0.4, -0.2) is 34.7 Å². The topological polar surface area (TPSA) is 67.4 Å². The van der Waals surface area contributed by atoms with Gasteiger partial charge >= 0.3 is 0 Å². The maximum atomic E-state index is 12.3. The van der Waals surface area contributed by atoms with E-state index in [9.17, 15) is 8.42 Å². The zero-order valence-electron chi connectivity index (χ0n) is 10.7. The standard InChI is InChI=1S/C11H14BrClN2O3S.ClH/c1-18-10-4-8(12)11(5-9(10)13)19(16,17)15-7-2-3-14-6-7;/h4-5,7,14-15H,2-3,6H2,1H3;1H. The van der Waals surface area contributed by atoms with Crippen molar-refractivity contribution in [2.45, 2.75) is 17.4 Å². The summed E-state index contributed by atoms with van der Waals surface area (Å²) in [5, 5.41) is 3.37. The van der Waals surface area contributed by atoms with E-state index in [1.165, 1.54) is 13.2 Å². The third-order valence-electron chi connectivity index (χ3n) is 2.88. The smallest absolute Gasteiger partial charge is 0.242 e. The quantitative estimate of drug-likeness (QED) is 0.805. The fraction of sp³-hybridized carbons (Fsp3) is 0.455. The summed E-state index contributed by atoms with van der Waals surface area (Å²) < 4.78 is 32.7. The van der Waals surface area contributed by atoms with E-state index in [2.05, 4.69) is 26.0 Å². The van der Waals surface area contributed by atoms with E-state index in [0.29, 0.717) is 16.8 Å². The van der Waals surface area contributed by atoms with Gasteiger partial charge in [-0.3, -0.25) is 0 Å². The third kappa shape index (κ3) is 3.99. The number of halogens is 3. The monoisotopic (exact) mass is 404 g/mol. The van der Waals surface area contributed by atoms with Crippen LogP contribution in [0.15, 0.2) is 21.5 Å². The zero-order chi connectivity index (χ0) is 14.0. The molecule has 0 aromatic heterocycles. The van der Waals surface area contributed by atoms with E-state index in [4.69, 9.17) is 16.3 Å². The molecule has 1 aliphatic heterocycles. The van der Waals surface area contributed by atoms with Crippen LogP contribution in [0.1, 0.15) is 6.42 Å². The Bertz CT molecular complexity index is 577. The normalized spacial score (nSPS) is 18.6. The average molecular weight is 406 g/mol. The Morgan fingerprint density at radius 1 is 1.50 bits per heavy atom. The van der Waals surface area contributed by atoms with Crippen LogP contribution in [-0.2, 0) is 10.0 Å². The maximum absolute atomic E-state index is 12.3. The molecule has 0 amide bonds. The summed E-state index contributed by atoms with van der Waals surface area (Å²) in [6, 6.07) is 2.84. The van der Waals surface area contributed by atoms with Gasteiger partial charge in [-0.1, -0.05) is 11.6 Å². The molecule has 0 bridgehead atoms. The Labute approximate surface area is 138 Å². The molecule has 1 fully saturated rings. The average Bonchev–Trinajstić information content (AvgIpc) is 2.83. The number of ether oxygens (including phenoxy) is 1. The maximum Gasteiger partial charge on any atom is 0.242 e. The van der Waals surface area contributed by atoms with Crippen LogP contribution in [0.25, 0.3) is 0 Å². The van der Waals surface area contributed by atoms with Crippen molar-refractivity contribution >= 4 is 50.0 Å². The fourth-order valence-electron chi connectivity index (χ4n) is 1.91. The van der Waals surface area contributed by atoms with Crippen LogP contribution in [0.2, 0.25) is 5.02 Å². The summed E-state index contributed by atoms with van der Waals surface area (Å²) in [4.78, 5) is 0.116. The highest BCUT2D eigenvalue weighted by molar-refractivity contribution is 9.10. The molecule has 1 aromatic rings. The van der Waals surface area contributed by atoms with Gasteiger partial charge in [0.1, 0.15) is 5.75 Å². The first-order valence-corrected chi connectivity index (χ1v) is 8.35. The Morgan fingerprint density at radius 3 is 2.75 bits per heavy atom. The first kappa shape index (κ1) is 18.0. The van der Waals surface area contributed by atoms with E-state index in [1.54, 1.807) is 6.07 Å². The van der Waals surface area contributed by atoms with Gasteiger partial charge in [-0.25, -0.2) is 13.1 Å². The van der Waals surface area contributed by atoms with Crippen molar-refractivity contribution in [3.63, 3.8) is 0 Å². The molecule has 1 heterocycles. The lowest BCUT2D eigenvalue weighted by Crippen LogP contribution is -2.36. The van der Waals surface area contributed by atoms with Crippen LogP contribution in [0.5, 0.6) is 5.75 Å². The molecule has 0 spiro atoms. The number of nitrogens with one attached hydrogen (secondary N) is 2. The largest absolute Gasteiger partial charge is 0.495 e. The van der Waals surface area contributed by atoms with Crippen LogP contribution in [0.4, 0.5) is 0 Å². The summed E-state index contributed by atoms with van der Waals surface area (Å²) in [6.07, 6.45) is 0.779. The molecule has 1 unspecified atom stereocenters. The number of hydrogen-bond donors (Lipinski definition) is 2. The lowest BCUT2D eigenvalue weighted by Gasteiger charge is -2.14. The van der Waals surface area contributed by atoms with E-state index in [0.717, 1.165) is 13.0 Å². The van der Waals surface area contributed by atoms with Crippen LogP contribution in [0, 0.1) is 0 Å². The summed E-state index contributed by atoms with van der Waals surface area (Å²) >= 11 is 9.21. The van der Waals surface area contributed by atoms with Crippen molar-refractivity contribution in [3.05, 3.63) is 21.6 Å². The van der Waals surface area contributed by atoms with E-state index < -0.39 is 10.0 Å². The Morgan fingerprint density at radius 2 is 2.20 bits per heavy atom. The van der Waals surface area contributed by atoms with E-state index in [1.807, 2.05) is 0 Å². The number of rotatable bonds is 4. The molecule has 1 aliphatic rings. The molecule has 0 aliphatic carbocycles. The number of hydrogen-bond acceptors (Lipinski definition) is 4. The highest BCUT2D eigenvalue weighted by Gasteiger charge is 2.25.